The number of amides is 1. The zero-order chi connectivity index (χ0) is 16.2. The van der Waals surface area contributed by atoms with Crippen molar-refractivity contribution in [1.82, 2.24) is 4.98 Å². The Kier molecular flexibility index (Phi) is 4.60. The van der Waals surface area contributed by atoms with Gasteiger partial charge in [-0.25, -0.2) is 0 Å². The number of pyridine rings is 1. The van der Waals surface area contributed by atoms with Gasteiger partial charge in [-0.2, -0.15) is 0 Å². The van der Waals surface area contributed by atoms with E-state index < -0.39 is 0 Å². The summed E-state index contributed by atoms with van der Waals surface area (Å²) < 4.78 is 5.50. The second-order valence-electron chi connectivity index (χ2n) is 5.88. The minimum absolute atomic E-state index is 0.139. The smallest absolute Gasteiger partial charge is 0.227 e. The zero-order valence-electron chi connectivity index (χ0n) is 13.7. The molecule has 4 heteroatoms. The van der Waals surface area contributed by atoms with Crippen molar-refractivity contribution in [3.05, 3.63) is 53.3 Å². The molecule has 0 N–H and O–H groups in total. The van der Waals surface area contributed by atoms with E-state index in [0.717, 1.165) is 36.5 Å². The Labute approximate surface area is 137 Å². The van der Waals surface area contributed by atoms with Crippen LogP contribution in [0.2, 0.25) is 0 Å². The van der Waals surface area contributed by atoms with Crippen molar-refractivity contribution in [3.63, 3.8) is 0 Å². The summed E-state index contributed by atoms with van der Waals surface area (Å²) in [5.41, 5.74) is 4.38. The number of benzene rings is 1. The lowest BCUT2D eigenvalue weighted by molar-refractivity contribution is -0.118. The van der Waals surface area contributed by atoms with Gasteiger partial charge in [0, 0.05) is 24.9 Å². The van der Waals surface area contributed by atoms with Gasteiger partial charge in [0.25, 0.3) is 0 Å². The van der Waals surface area contributed by atoms with Crippen LogP contribution in [0.1, 0.15) is 29.7 Å². The first-order chi connectivity index (χ1) is 11.2. The summed E-state index contributed by atoms with van der Waals surface area (Å²) in [6.07, 6.45) is 4.90. The maximum Gasteiger partial charge on any atom is 0.227 e. The summed E-state index contributed by atoms with van der Waals surface area (Å²) in [6, 6.07) is 9.83. The molecule has 0 atom stereocenters. The minimum atomic E-state index is 0.139. The number of rotatable bonds is 4. The van der Waals surface area contributed by atoms with E-state index in [2.05, 4.69) is 18.0 Å². The summed E-state index contributed by atoms with van der Waals surface area (Å²) in [7, 11) is 1.66. The fourth-order valence-corrected chi connectivity index (χ4v) is 3.18. The number of aryl methyl sites for hydroxylation is 2. The van der Waals surface area contributed by atoms with Crippen molar-refractivity contribution in [2.45, 2.75) is 32.6 Å². The summed E-state index contributed by atoms with van der Waals surface area (Å²) >= 11 is 0. The molecule has 3 rings (SSSR count). The van der Waals surface area contributed by atoms with Crippen LogP contribution in [0, 0.1) is 6.92 Å². The van der Waals surface area contributed by atoms with Crippen molar-refractivity contribution < 1.29 is 9.53 Å². The van der Waals surface area contributed by atoms with E-state index in [1.807, 2.05) is 29.2 Å². The van der Waals surface area contributed by atoms with Gasteiger partial charge in [-0.3, -0.25) is 9.78 Å². The van der Waals surface area contributed by atoms with E-state index in [4.69, 9.17) is 4.74 Å². The van der Waals surface area contributed by atoms with Crippen molar-refractivity contribution in [2.75, 3.05) is 18.6 Å². The van der Waals surface area contributed by atoms with Crippen LogP contribution in [0.3, 0.4) is 0 Å². The van der Waals surface area contributed by atoms with Crippen LogP contribution in [0.15, 0.2) is 36.5 Å². The number of nitrogens with zero attached hydrogens (tertiary/aromatic N) is 2. The molecule has 1 amide bonds. The average molecular weight is 310 g/mol. The third-order valence-corrected chi connectivity index (χ3v) is 4.40. The van der Waals surface area contributed by atoms with Gasteiger partial charge in [0.2, 0.25) is 5.91 Å². The molecule has 1 aromatic heterocycles. The van der Waals surface area contributed by atoms with Crippen LogP contribution in [0.4, 0.5) is 5.69 Å². The largest absolute Gasteiger partial charge is 0.495 e. The lowest BCUT2D eigenvalue weighted by Gasteiger charge is -2.32. The van der Waals surface area contributed by atoms with Crippen molar-refractivity contribution >= 4 is 11.6 Å². The van der Waals surface area contributed by atoms with Crippen LogP contribution in [0.25, 0.3) is 0 Å². The number of carbonyl (C=O) groups is 1. The van der Waals surface area contributed by atoms with Crippen LogP contribution >= 0.6 is 0 Å². The fraction of sp³-hybridized carbons (Fsp3) is 0.368. The molecule has 0 radical (unpaired) electrons. The molecule has 1 aliphatic rings. The van der Waals surface area contributed by atoms with E-state index in [0.29, 0.717) is 12.8 Å². The molecule has 0 aliphatic carbocycles. The van der Waals surface area contributed by atoms with Crippen LogP contribution in [-0.2, 0) is 17.6 Å². The molecule has 0 saturated heterocycles. The van der Waals surface area contributed by atoms with E-state index in [9.17, 15) is 4.79 Å². The molecule has 120 valence electrons. The predicted molar refractivity (Wildman–Crippen MR) is 91.0 cm³/mol. The fourth-order valence-electron chi connectivity index (χ4n) is 3.18. The highest BCUT2D eigenvalue weighted by Crippen LogP contribution is 2.38. The summed E-state index contributed by atoms with van der Waals surface area (Å²) in [5, 5.41) is 0. The molecule has 4 nitrogen and oxygen atoms in total. The van der Waals surface area contributed by atoms with Gasteiger partial charge in [-0.15, -0.1) is 0 Å². The first kappa shape index (κ1) is 15.5. The number of methoxy groups -OCH3 is 1. The quantitative estimate of drug-likeness (QED) is 0.870. The highest BCUT2D eigenvalue weighted by atomic mass is 16.5. The SMILES string of the molecule is COc1ccc(C)c2c1N(C(=O)CCc1ccccn1)CCC2. The lowest BCUT2D eigenvalue weighted by atomic mass is 9.96. The maximum atomic E-state index is 12.8. The molecule has 0 unspecified atom stereocenters. The normalized spacial score (nSPS) is 13.6. The molecule has 2 aromatic rings. The monoisotopic (exact) mass is 310 g/mol. The molecular formula is C19H22N2O2. The number of hydrogen-bond acceptors (Lipinski definition) is 3. The minimum Gasteiger partial charge on any atom is -0.495 e. The first-order valence-corrected chi connectivity index (χ1v) is 8.07. The van der Waals surface area contributed by atoms with Crippen LogP contribution < -0.4 is 9.64 Å². The zero-order valence-corrected chi connectivity index (χ0v) is 13.7. The van der Waals surface area contributed by atoms with E-state index >= 15 is 0 Å². The number of anilines is 1. The molecule has 0 bridgehead atoms. The first-order valence-electron chi connectivity index (χ1n) is 8.07. The van der Waals surface area contributed by atoms with Crippen molar-refractivity contribution in [2.24, 2.45) is 0 Å². The standard InChI is InChI=1S/C19H22N2O2/c1-14-8-10-17(23-2)19-16(14)7-5-13-21(19)18(22)11-9-15-6-3-4-12-20-15/h3-4,6,8,10,12H,5,7,9,11,13H2,1-2H3. The van der Waals surface area contributed by atoms with Gasteiger partial charge in [0.15, 0.2) is 0 Å². The molecule has 0 saturated carbocycles. The molecule has 1 aliphatic heterocycles. The molecule has 0 spiro atoms. The van der Waals surface area contributed by atoms with Crippen molar-refractivity contribution in [3.8, 4) is 5.75 Å². The van der Waals surface area contributed by atoms with Gasteiger partial charge in [-0.05, 0) is 55.5 Å². The Bertz CT molecular complexity index is 698. The Hall–Kier alpha value is -2.36. The molecule has 23 heavy (non-hydrogen) atoms. The Balaban J connectivity index is 1.82. The van der Waals surface area contributed by atoms with E-state index in [1.165, 1.54) is 11.1 Å². The van der Waals surface area contributed by atoms with E-state index in [-0.39, 0.29) is 5.91 Å². The Morgan fingerprint density at radius 3 is 2.91 bits per heavy atom. The Morgan fingerprint density at radius 2 is 2.17 bits per heavy atom. The number of fused-ring (bicyclic) bond motifs is 1. The van der Waals surface area contributed by atoms with Crippen LogP contribution in [0.5, 0.6) is 5.75 Å². The highest BCUT2D eigenvalue weighted by Gasteiger charge is 2.26. The Morgan fingerprint density at radius 1 is 1.30 bits per heavy atom. The number of aromatic nitrogens is 1. The van der Waals surface area contributed by atoms with Gasteiger partial charge in [-0.1, -0.05) is 12.1 Å². The van der Waals surface area contributed by atoms with Gasteiger partial charge in [0.1, 0.15) is 5.75 Å². The number of carbonyl (C=O) groups excluding carboxylic acids is 1. The molecule has 2 heterocycles. The summed E-state index contributed by atoms with van der Waals surface area (Å²) in [6.45, 7) is 2.86. The van der Waals surface area contributed by atoms with E-state index in [1.54, 1.807) is 13.3 Å². The van der Waals surface area contributed by atoms with Gasteiger partial charge < -0.3 is 9.64 Å². The second-order valence-corrected chi connectivity index (χ2v) is 5.88. The van der Waals surface area contributed by atoms with Crippen molar-refractivity contribution in [1.29, 1.82) is 0 Å². The highest BCUT2D eigenvalue weighted by molar-refractivity contribution is 5.96. The van der Waals surface area contributed by atoms with Gasteiger partial charge >= 0.3 is 0 Å². The summed E-state index contributed by atoms with van der Waals surface area (Å²) in [4.78, 5) is 18.9. The maximum absolute atomic E-state index is 12.8. The lowest BCUT2D eigenvalue weighted by Crippen LogP contribution is -2.36. The molecule has 0 fully saturated rings. The topological polar surface area (TPSA) is 42.4 Å². The second kappa shape index (κ2) is 6.82. The number of hydrogen-bond donors (Lipinski definition) is 0. The molecular weight excluding hydrogens is 288 g/mol. The third-order valence-electron chi connectivity index (χ3n) is 4.40. The third kappa shape index (κ3) is 3.21. The number of ether oxygens (including phenoxy) is 1. The molecule has 1 aromatic carbocycles. The van der Waals surface area contributed by atoms with Crippen LogP contribution in [-0.4, -0.2) is 24.5 Å². The van der Waals surface area contributed by atoms with Gasteiger partial charge in [0.05, 0.1) is 12.8 Å². The summed E-state index contributed by atoms with van der Waals surface area (Å²) in [5.74, 6) is 0.928. The predicted octanol–water partition coefficient (Wildman–Crippen LogP) is 3.31. The average Bonchev–Trinajstić information content (AvgIpc) is 2.60.